The Bertz CT molecular complexity index is 688. The van der Waals surface area contributed by atoms with Gasteiger partial charge in [-0.25, -0.2) is 8.42 Å². The molecule has 0 aromatic heterocycles. The van der Waals surface area contributed by atoms with Crippen molar-refractivity contribution in [3.8, 4) is 6.07 Å². The first-order valence-corrected chi connectivity index (χ1v) is 8.71. The van der Waals surface area contributed by atoms with Crippen LogP contribution in [0.1, 0.15) is 36.8 Å². The second-order valence-electron chi connectivity index (χ2n) is 5.11. The van der Waals surface area contributed by atoms with Crippen molar-refractivity contribution in [1.82, 2.24) is 4.31 Å². The highest BCUT2D eigenvalue weighted by atomic mass is 35.5. The lowest BCUT2D eigenvalue weighted by atomic mass is 10.1. The molecule has 1 fully saturated rings. The average molecular weight is 349 g/mol. The van der Waals surface area contributed by atoms with Crippen LogP contribution in [0.5, 0.6) is 0 Å². The van der Waals surface area contributed by atoms with Crippen LogP contribution in [0.15, 0.2) is 23.1 Å². The van der Waals surface area contributed by atoms with Gasteiger partial charge in [0.25, 0.3) is 0 Å². The van der Waals surface area contributed by atoms with Gasteiger partial charge < -0.3 is 0 Å². The smallest absolute Gasteiger partial charge is 0.207 e. The van der Waals surface area contributed by atoms with Gasteiger partial charge in [-0.05, 0) is 30.5 Å². The van der Waals surface area contributed by atoms with E-state index in [9.17, 15) is 17.2 Å². The summed E-state index contributed by atoms with van der Waals surface area (Å²) < 4.78 is 53.4. The van der Waals surface area contributed by atoms with Gasteiger partial charge in [0, 0.05) is 13.1 Å². The van der Waals surface area contributed by atoms with E-state index in [1.165, 1.54) is 16.4 Å². The highest BCUT2D eigenvalue weighted by molar-refractivity contribution is 7.89. The first kappa shape index (κ1) is 17.1. The predicted octanol–water partition coefficient (Wildman–Crippen LogP) is 3.41. The molecular weight excluding hydrogens is 334 g/mol. The molecule has 1 aromatic carbocycles. The van der Waals surface area contributed by atoms with Gasteiger partial charge >= 0.3 is 5.38 Å². The minimum absolute atomic E-state index is 0.328. The van der Waals surface area contributed by atoms with Gasteiger partial charge in [-0.1, -0.05) is 25.0 Å². The summed E-state index contributed by atoms with van der Waals surface area (Å²) in [5.74, 6) is 0. The van der Waals surface area contributed by atoms with Crippen molar-refractivity contribution in [1.29, 1.82) is 5.26 Å². The maximum absolute atomic E-state index is 13.4. The molecule has 8 heteroatoms. The second kappa shape index (κ2) is 6.49. The normalized spacial score (nSPS) is 17.7. The van der Waals surface area contributed by atoms with E-state index in [1.807, 2.05) is 0 Å². The van der Waals surface area contributed by atoms with Crippen molar-refractivity contribution in [2.45, 2.75) is 36.0 Å². The molecule has 120 valence electrons. The third-order valence-corrected chi connectivity index (χ3v) is 5.77. The Labute approximate surface area is 133 Å². The van der Waals surface area contributed by atoms with Crippen LogP contribution in [0.2, 0.25) is 0 Å². The first-order valence-electron chi connectivity index (χ1n) is 6.89. The second-order valence-corrected chi connectivity index (χ2v) is 7.49. The average Bonchev–Trinajstić information content (AvgIpc) is 2.75. The fraction of sp³-hybridized carbons (Fsp3) is 0.500. The highest BCUT2D eigenvalue weighted by Crippen LogP contribution is 2.37. The molecule has 0 saturated carbocycles. The number of nitrogens with zero attached hydrogens (tertiary/aromatic N) is 2. The number of hydrogen-bond donors (Lipinski definition) is 0. The molecule has 0 N–H and O–H groups in total. The topological polar surface area (TPSA) is 61.2 Å². The SMILES string of the molecule is N#Cc1c(C(F)(F)Cl)cccc1S(=O)(=O)N1CCCCCC1. The van der Waals surface area contributed by atoms with Crippen molar-refractivity contribution < 1.29 is 17.2 Å². The fourth-order valence-electron chi connectivity index (χ4n) is 2.52. The van der Waals surface area contributed by atoms with E-state index >= 15 is 0 Å². The van der Waals surface area contributed by atoms with Gasteiger partial charge in [-0.2, -0.15) is 18.3 Å². The molecule has 0 radical (unpaired) electrons. The van der Waals surface area contributed by atoms with Gasteiger partial charge in [0.1, 0.15) is 11.0 Å². The number of rotatable bonds is 3. The largest absolute Gasteiger partial charge is 0.349 e. The number of alkyl halides is 3. The van der Waals surface area contributed by atoms with E-state index in [-0.39, 0.29) is 0 Å². The molecule has 1 aliphatic rings. The summed E-state index contributed by atoms with van der Waals surface area (Å²) in [6.07, 6.45) is 3.28. The van der Waals surface area contributed by atoms with Crippen LogP contribution >= 0.6 is 11.6 Å². The summed E-state index contributed by atoms with van der Waals surface area (Å²) in [5, 5.41) is 5.36. The Balaban J connectivity index is 2.54. The van der Waals surface area contributed by atoms with Crippen LogP contribution in [0.3, 0.4) is 0 Å². The predicted molar refractivity (Wildman–Crippen MR) is 78.1 cm³/mol. The quantitative estimate of drug-likeness (QED) is 0.786. The fourth-order valence-corrected chi connectivity index (χ4v) is 4.36. The zero-order valence-corrected chi connectivity index (χ0v) is 13.3. The third kappa shape index (κ3) is 3.40. The van der Waals surface area contributed by atoms with E-state index in [1.54, 1.807) is 6.07 Å². The van der Waals surface area contributed by atoms with E-state index < -0.39 is 31.4 Å². The molecule has 0 amide bonds. The zero-order valence-electron chi connectivity index (χ0n) is 11.7. The molecule has 0 spiro atoms. The molecule has 22 heavy (non-hydrogen) atoms. The molecule has 1 aromatic rings. The molecule has 0 atom stereocenters. The molecule has 1 aliphatic heterocycles. The van der Waals surface area contributed by atoms with Crippen LogP contribution in [0.4, 0.5) is 8.78 Å². The summed E-state index contributed by atoms with van der Waals surface area (Å²) in [6, 6.07) is 4.88. The molecule has 2 rings (SSSR count). The van der Waals surface area contributed by atoms with Crippen LogP contribution in [-0.2, 0) is 15.4 Å². The van der Waals surface area contributed by atoms with E-state index in [0.717, 1.165) is 18.9 Å². The van der Waals surface area contributed by atoms with Crippen molar-refractivity contribution >= 4 is 21.6 Å². The monoisotopic (exact) mass is 348 g/mol. The van der Waals surface area contributed by atoms with Crippen LogP contribution in [0, 0.1) is 11.3 Å². The van der Waals surface area contributed by atoms with Gasteiger partial charge in [-0.3, -0.25) is 0 Å². The molecule has 0 bridgehead atoms. The maximum atomic E-state index is 13.4. The lowest BCUT2D eigenvalue weighted by molar-refractivity contribution is 0.0945. The first-order chi connectivity index (χ1) is 10.3. The standard InChI is InChI=1S/C14H15ClF2N2O2S/c15-14(16,17)12-6-5-7-13(11(12)10-18)22(20,21)19-8-3-1-2-4-9-19/h5-7H,1-4,8-9H2. The van der Waals surface area contributed by atoms with E-state index in [0.29, 0.717) is 25.9 Å². The lowest BCUT2D eigenvalue weighted by Gasteiger charge is -2.21. The zero-order chi connectivity index (χ0) is 16.4. The number of sulfonamides is 1. The number of nitriles is 1. The summed E-state index contributed by atoms with van der Waals surface area (Å²) in [4.78, 5) is -0.408. The Hall–Kier alpha value is -1.23. The summed E-state index contributed by atoms with van der Waals surface area (Å²) in [6.45, 7) is 0.656. The molecule has 1 saturated heterocycles. The highest BCUT2D eigenvalue weighted by Gasteiger charge is 2.36. The van der Waals surface area contributed by atoms with Gasteiger partial charge in [-0.15, -0.1) is 0 Å². The lowest BCUT2D eigenvalue weighted by Crippen LogP contribution is -2.32. The minimum atomic E-state index is -3.99. The molecular formula is C14H15ClF2N2O2S. The van der Waals surface area contributed by atoms with Crippen LogP contribution in [0.25, 0.3) is 0 Å². The Morgan fingerprint density at radius 3 is 2.27 bits per heavy atom. The summed E-state index contributed by atoms with van der Waals surface area (Å²) in [5.41, 5.74) is -1.38. The minimum Gasteiger partial charge on any atom is -0.207 e. The third-order valence-electron chi connectivity index (χ3n) is 3.63. The van der Waals surface area contributed by atoms with Gasteiger partial charge in [0.2, 0.25) is 10.0 Å². The van der Waals surface area contributed by atoms with Crippen LogP contribution < -0.4 is 0 Å². The van der Waals surface area contributed by atoms with E-state index in [2.05, 4.69) is 0 Å². The number of benzene rings is 1. The van der Waals surface area contributed by atoms with E-state index in [4.69, 9.17) is 16.9 Å². The van der Waals surface area contributed by atoms with Crippen molar-refractivity contribution in [2.75, 3.05) is 13.1 Å². The maximum Gasteiger partial charge on any atom is 0.349 e. The van der Waals surface area contributed by atoms with Crippen LogP contribution in [-0.4, -0.2) is 25.8 Å². The van der Waals surface area contributed by atoms with Gasteiger partial charge in [0.15, 0.2) is 0 Å². The summed E-state index contributed by atoms with van der Waals surface area (Å²) in [7, 11) is -3.99. The Morgan fingerprint density at radius 2 is 1.77 bits per heavy atom. The van der Waals surface area contributed by atoms with Crippen molar-refractivity contribution in [3.63, 3.8) is 0 Å². The molecule has 0 aliphatic carbocycles. The Kier molecular flexibility index (Phi) is 5.05. The van der Waals surface area contributed by atoms with Crippen molar-refractivity contribution in [3.05, 3.63) is 29.3 Å². The molecule has 0 unspecified atom stereocenters. The summed E-state index contributed by atoms with van der Waals surface area (Å²) >= 11 is 4.98. The molecule has 1 heterocycles. The van der Waals surface area contributed by atoms with Crippen molar-refractivity contribution in [2.24, 2.45) is 0 Å². The molecule has 4 nitrogen and oxygen atoms in total. The number of halogens is 3. The number of hydrogen-bond acceptors (Lipinski definition) is 3. The van der Waals surface area contributed by atoms with Gasteiger partial charge in [0.05, 0.1) is 11.1 Å². The Morgan fingerprint density at radius 1 is 1.18 bits per heavy atom.